The second-order valence-corrected chi connectivity index (χ2v) is 9.26. The first kappa shape index (κ1) is 26.6. The van der Waals surface area contributed by atoms with Crippen LogP contribution in [0.3, 0.4) is 0 Å². The summed E-state index contributed by atoms with van der Waals surface area (Å²) in [5, 5.41) is 5.48. The van der Waals surface area contributed by atoms with E-state index in [1.807, 2.05) is 63.2 Å². The van der Waals surface area contributed by atoms with Gasteiger partial charge in [0.25, 0.3) is 5.91 Å². The van der Waals surface area contributed by atoms with E-state index in [1.165, 1.54) is 4.90 Å². The van der Waals surface area contributed by atoms with Crippen molar-refractivity contribution in [2.24, 2.45) is 0 Å². The van der Waals surface area contributed by atoms with E-state index in [1.54, 1.807) is 26.8 Å². The number of para-hydroxylation sites is 1. The van der Waals surface area contributed by atoms with Gasteiger partial charge in [-0.3, -0.25) is 9.59 Å². The van der Waals surface area contributed by atoms with Crippen LogP contribution in [0.5, 0.6) is 0 Å². The molecule has 3 amide bonds. The maximum Gasteiger partial charge on any atom is 0.408 e. The minimum atomic E-state index is -0.925. The van der Waals surface area contributed by atoms with E-state index in [0.717, 1.165) is 16.7 Å². The van der Waals surface area contributed by atoms with Gasteiger partial charge in [0.1, 0.15) is 18.2 Å². The van der Waals surface area contributed by atoms with Gasteiger partial charge in [-0.15, -0.1) is 6.58 Å². The lowest BCUT2D eigenvalue weighted by atomic mass is 10.0. The number of alkyl carbamates (subject to hydrolysis) is 1. The Hall–Kier alpha value is -3.61. The van der Waals surface area contributed by atoms with Crippen molar-refractivity contribution in [3.63, 3.8) is 0 Å². The quantitative estimate of drug-likeness (QED) is 0.547. The molecule has 2 aromatic rings. The molecule has 1 unspecified atom stereocenters. The summed E-state index contributed by atoms with van der Waals surface area (Å²) in [6, 6.07) is 12.3. The summed E-state index contributed by atoms with van der Waals surface area (Å²) in [7, 11) is 0. The molecule has 2 rings (SSSR count). The summed E-state index contributed by atoms with van der Waals surface area (Å²) in [4.78, 5) is 40.3. The monoisotopic (exact) mass is 465 g/mol. The van der Waals surface area contributed by atoms with Crippen LogP contribution in [0.25, 0.3) is 0 Å². The minimum Gasteiger partial charge on any atom is -0.444 e. The number of ether oxygens (including phenoxy) is 1. The van der Waals surface area contributed by atoms with Gasteiger partial charge in [0.15, 0.2) is 0 Å². The van der Waals surface area contributed by atoms with Gasteiger partial charge < -0.3 is 20.3 Å². The molecule has 0 fully saturated rings. The molecule has 0 aliphatic rings. The van der Waals surface area contributed by atoms with Crippen molar-refractivity contribution in [2.75, 3.05) is 18.4 Å². The third-order valence-corrected chi connectivity index (χ3v) is 5.11. The Bertz CT molecular complexity index is 1020. The molecule has 182 valence electrons. The predicted octanol–water partition coefficient (Wildman–Crippen LogP) is 4.83. The average Bonchev–Trinajstić information content (AvgIpc) is 2.74. The van der Waals surface area contributed by atoms with E-state index >= 15 is 0 Å². The zero-order valence-corrected chi connectivity index (χ0v) is 20.9. The fraction of sp³-hybridized carbons (Fsp3) is 0.370. The Kier molecular flexibility index (Phi) is 9.01. The van der Waals surface area contributed by atoms with Crippen molar-refractivity contribution in [2.45, 2.75) is 53.2 Å². The standard InChI is InChI=1S/C27H35N3O4/c1-8-16-30(22(31)17-28-26(33)34-27(5,6)7)24(21-14-12-18(2)13-15-21)25(32)29-23-19(3)10-9-11-20(23)4/h8-15,24H,1,16-17H2,2-7H3,(H,28,33)(H,29,32). The summed E-state index contributed by atoms with van der Waals surface area (Å²) >= 11 is 0. The van der Waals surface area contributed by atoms with E-state index in [9.17, 15) is 14.4 Å². The van der Waals surface area contributed by atoms with Crippen molar-refractivity contribution in [1.29, 1.82) is 0 Å². The number of hydrogen-bond donors (Lipinski definition) is 2. The Balaban J connectivity index is 2.36. The third-order valence-electron chi connectivity index (χ3n) is 5.11. The highest BCUT2D eigenvalue weighted by molar-refractivity contribution is 5.99. The number of anilines is 1. The van der Waals surface area contributed by atoms with Crippen LogP contribution < -0.4 is 10.6 Å². The number of amides is 3. The molecule has 0 saturated carbocycles. The van der Waals surface area contributed by atoms with E-state index in [-0.39, 0.29) is 19.0 Å². The normalized spacial score (nSPS) is 11.8. The number of nitrogens with zero attached hydrogens (tertiary/aromatic N) is 1. The van der Waals surface area contributed by atoms with E-state index in [4.69, 9.17) is 4.74 Å². The van der Waals surface area contributed by atoms with Crippen molar-refractivity contribution in [1.82, 2.24) is 10.2 Å². The molecule has 0 saturated heterocycles. The number of carbonyl (C=O) groups is 3. The maximum absolute atomic E-state index is 13.6. The summed E-state index contributed by atoms with van der Waals surface area (Å²) in [5.74, 6) is -0.790. The smallest absolute Gasteiger partial charge is 0.408 e. The van der Waals surface area contributed by atoms with Gasteiger partial charge in [-0.2, -0.15) is 0 Å². The molecule has 1 atom stereocenters. The van der Waals surface area contributed by atoms with Gasteiger partial charge in [0.05, 0.1) is 0 Å². The van der Waals surface area contributed by atoms with E-state index in [0.29, 0.717) is 11.3 Å². The number of hydrogen-bond acceptors (Lipinski definition) is 4. The van der Waals surface area contributed by atoms with Gasteiger partial charge in [0.2, 0.25) is 5.91 Å². The zero-order chi connectivity index (χ0) is 25.5. The van der Waals surface area contributed by atoms with Crippen LogP contribution in [-0.4, -0.2) is 41.5 Å². The molecule has 7 nitrogen and oxygen atoms in total. The van der Waals surface area contributed by atoms with Gasteiger partial charge in [-0.25, -0.2) is 4.79 Å². The first-order chi connectivity index (χ1) is 15.9. The number of nitrogens with one attached hydrogen (secondary N) is 2. The average molecular weight is 466 g/mol. The van der Waals surface area contributed by atoms with Gasteiger partial charge in [0, 0.05) is 12.2 Å². The fourth-order valence-corrected chi connectivity index (χ4v) is 3.48. The Labute approximate surface area is 202 Å². The Morgan fingerprint density at radius 1 is 1.03 bits per heavy atom. The number of benzene rings is 2. The molecular weight excluding hydrogens is 430 g/mol. The summed E-state index contributed by atoms with van der Waals surface area (Å²) in [5.41, 5.74) is 3.55. The number of rotatable bonds is 8. The maximum atomic E-state index is 13.6. The minimum absolute atomic E-state index is 0.119. The number of carbonyl (C=O) groups excluding carboxylic acids is 3. The molecule has 0 aliphatic carbocycles. The molecule has 0 aliphatic heterocycles. The highest BCUT2D eigenvalue weighted by atomic mass is 16.6. The molecule has 0 aromatic heterocycles. The molecular formula is C27H35N3O4. The largest absolute Gasteiger partial charge is 0.444 e. The lowest BCUT2D eigenvalue weighted by Crippen LogP contribution is -2.46. The van der Waals surface area contributed by atoms with Crippen LogP contribution in [0.4, 0.5) is 10.5 Å². The highest BCUT2D eigenvalue weighted by Crippen LogP contribution is 2.26. The van der Waals surface area contributed by atoms with E-state index in [2.05, 4.69) is 17.2 Å². The zero-order valence-electron chi connectivity index (χ0n) is 20.9. The SMILES string of the molecule is C=CCN(C(=O)CNC(=O)OC(C)(C)C)C(C(=O)Nc1c(C)cccc1C)c1ccc(C)cc1. The fourth-order valence-electron chi connectivity index (χ4n) is 3.48. The van der Waals surface area contributed by atoms with Crippen molar-refractivity contribution >= 4 is 23.6 Å². The molecule has 0 bridgehead atoms. The van der Waals surface area contributed by atoms with Crippen LogP contribution >= 0.6 is 0 Å². The second kappa shape index (κ2) is 11.5. The van der Waals surface area contributed by atoms with Gasteiger partial charge >= 0.3 is 6.09 Å². The third kappa shape index (κ3) is 7.47. The molecule has 0 spiro atoms. The Morgan fingerprint density at radius 2 is 1.62 bits per heavy atom. The summed E-state index contributed by atoms with van der Waals surface area (Å²) in [6.07, 6.45) is 0.852. The van der Waals surface area contributed by atoms with Crippen LogP contribution in [-0.2, 0) is 14.3 Å². The van der Waals surface area contributed by atoms with Crippen molar-refractivity contribution in [3.05, 3.63) is 77.4 Å². The van der Waals surface area contributed by atoms with Gasteiger partial charge in [-0.1, -0.05) is 54.1 Å². The topological polar surface area (TPSA) is 87.7 Å². The van der Waals surface area contributed by atoms with Crippen LogP contribution in [0, 0.1) is 20.8 Å². The molecule has 34 heavy (non-hydrogen) atoms. The lowest BCUT2D eigenvalue weighted by molar-refractivity contribution is -0.137. The first-order valence-electron chi connectivity index (χ1n) is 11.2. The van der Waals surface area contributed by atoms with Gasteiger partial charge in [-0.05, 0) is 58.2 Å². The van der Waals surface area contributed by atoms with Crippen LogP contribution in [0.1, 0.15) is 49.1 Å². The first-order valence-corrected chi connectivity index (χ1v) is 11.2. The molecule has 7 heteroatoms. The number of aryl methyl sites for hydroxylation is 3. The van der Waals surface area contributed by atoms with E-state index < -0.39 is 23.6 Å². The molecule has 0 radical (unpaired) electrons. The summed E-state index contributed by atoms with van der Waals surface area (Å²) < 4.78 is 5.22. The van der Waals surface area contributed by atoms with Crippen LogP contribution in [0.15, 0.2) is 55.1 Å². The van der Waals surface area contributed by atoms with Crippen LogP contribution in [0.2, 0.25) is 0 Å². The molecule has 2 N–H and O–H groups in total. The lowest BCUT2D eigenvalue weighted by Gasteiger charge is -2.31. The predicted molar refractivity (Wildman–Crippen MR) is 135 cm³/mol. The highest BCUT2D eigenvalue weighted by Gasteiger charge is 2.31. The van der Waals surface area contributed by atoms with Crippen molar-refractivity contribution in [3.8, 4) is 0 Å². The molecule has 0 heterocycles. The Morgan fingerprint density at radius 3 is 2.15 bits per heavy atom. The molecule has 2 aromatic carbocycles. The second-order valence-electron chi connectivity index (χ2n) is 9.26. The summed E-state index contributed by atoms with van der Waals surface area (Å²) in [6.45, 7) is 14.6. The van der Waals surface area contributed by atoms with Crippen molar-refractivity contribution < 1.29 is 19.1 Å².